The molecular weight excluding hydrogens is 318 g/mol. The first-order valence-corrected chi connectivity index (χ1v) is 9.88. The van der Waals surface area contributed by atoms with Crippen LogP contribution in [0.3, 0.4) is 0 Å². The Labute approximate surface area is 127 Å². The van der Waals surface area contributed by atoms with Crippen molar-refractivity contribution in [2.45, 2.75) is 49.3 Å². The molecule has 0 unspecified atom stereocenters. The van der Waals surface area contributed by atoms with Gasteiger partial charge >= 0.3 is 0 Å². The van der Waals surface area contributed by atoms with E-state index in [1.165, 1.54) is 31.7 Å². The molecule has 7 heteroatoms. The number of rotatable bonds is 6. The number of hydrogen-bond acceptors (Lipinski definition) is 4. The van der Waals surface area contributed by atoms with Crippen LogP contribution in [0.1, 0.15) is 43.4 Å². The van der Waals surface area contributed by atoms with Gasteiger partial charge in [-0.2, -0.15) is 0 Å². The van der Waals surface area contributed by atoms with Crippen molar-refractivity contribution in [3.63, 3.8) is 0 Å². The minimum atomic E-state index is -3.66. The molecule has 1 aliphatic carbocycles. The van der Waals surface area contributed by atoms with Gasteiger partial charge in [-0.15, -0.1) is 11.3 Å². The largest absolute Gasteiger partial charge is 0.351 e. The number of amides is 1. The standard InChI is InChI=1S/C13H18ClNO3S2/c14-20(17,18)13-8-6-11(19-13)9-15-12(16)7-5-10-3-1-2-4-10/h6,8,10H,1-5,7,9H2,(H,15,16). The number of carbonyl (C=O) groups is 1. The normalized spacial score (nSPS) is 16.4. The Bertz CT molecular complexity index is 562. The highest BCUT2D eigenvalue weighted by atomic mass is 35.7. The van der Waals surface area contributed by atoms with Gasteiger partial charge in [0, 0.05) is 22.0 Å². The zero-order chi connectivity index (χ0) is 14.6. The Kier molecular flexibility index (Phi) is 5.46. The maximum Gasteiger partial charge on any atom is 0.270 e. The van der Waals surface area contributed by atoms with Crippen LogP contribution in [-0.2, 0) is 20.4 Å². The SMILES string of the molecule is O=C(CCC1CCCC1)NCc1ccc(S(=O)(=O)Cl)s1. The van der Waals surface area contributed by atoms with Gasteiger partial charge in [0.15, 0.2) is 0 Å². The van der Waals surface area contributed by atoms with Crippen LogP contribution in [0.5, 0.6) is 0 Å². The van der Waals surface area contributed by atoms with Crippen molar-refractivity contribution in [1.82, 2.24) is 5.32 Å². The summed E-state index contributed by atoms with van der Waals surface area (Å²) in [4.78, 5) is 12.5. The fourth-order valence-corrected chi connectivity index (χ4v) is 4.56. The van der Waals surface area contributed by atoms with Gasteiger partial charge in [-0.25, -0.2) is 8.42 Å². The van der Waals surface area contributed by atoms with Gasteiger partial charge < -0.3 is 5.32 Å². The average Bonchev–Trinajstić information content (AvgIpc) is 3.04. The molecule has 0 spiro atoms. The number of thiophene rings is 1. The second-order valence-electron chi connectivity index (χ2n) is 5.12. The lowest BCUT2D eigenvalue weighted by atomic mass is 10.0. The predicted octanol–water partition coefficient (Wildman–Crippen LogP) is 3.26. The van der Waals surface area contributed by atoms with E-state index < -0.39 is 9.05 Å². The molecule has 1 aromatic heterocycles. The second kappa shape index (κ2) is 6.91. The van der Waals surface area contributed by atoms with Crippen molar-refractivity contribution >= 4 is 37.0 Å². The van der Waals surface area contributed by atoms with Gasteiger partial charge in [0.25, 0.3) is 9.05 Å². The van der Waals surface area contributed by atoms with E-state index in [4.69, 9.17) is 10.7 Å². The Hall–Kier alpha value is -0.590. The van der Waals surface area contributed by atoms with Crippen LogP contribution in [0.25, 0.3) is 0 Å². The summed E-state index contributed by atoms with van der Waals surface area (Å²) in [5, 5.41) is 2.82. The topological polar surface area (TPSA) is 63.2 Å². The van der Waals surface area contributed by atoms with Gasteiger partial charge in [0.2, 0.25) is 5.91 Å². The van der Waals surface area contributed by atoms with Gasteiger partial charge in [0.05, 0.1) is 6.54 Å². The molecule has 20 heavy (non-hydrogen) atoms. The van der Waals surface area contributed by atoms with E-state index in [2.05, 4.69) is 5.32 Å². The molecule has 1 N–H and O–H groups in total. The summed E-state index contributed by atoms with van der Waals surface area (Å²) in [5.74, 6) is 0.732. The Morgan fingerprint density at radius 2 is 2.05 bits per heavy atom. The van der Waals surface area contributed by atoms with Crippen LogP contribution in [-0.4, -0.2) is 14.3 Å². The smallest absolute Gasteiger partial charge is 0.270 e. The minimum Gasteiger partial charge on any atom is -0.351 e. The molecule has 2 rings (SSSR count). The molecule has 0 atom stereocenters. The van der Waals surface area contributed by atoms with Crippen LogP contribution in [0.15, 0.2) is 16.3 Å². The maximum absolute atomic E-state index is 11.7. The first kappa shape index (κ1) is 15.8. The monoisotopic (exact) mass is 335 g/mol. The Balaban J connectivity index is 1.74. The highest BCUT2D eigenvalue weighted by molar-refractivity contribution is 8.15. The Morgan fingerprint density at radius 3 is 2.65 bits per heavy atom. The summed E-state index contributed by atoms with van der Waals surface area (Å²) >= 11 is 1.09. The van der Waals surface area contributed by atoms with E-state index in [0.717, 1.165) is 22.6 Å². The fraction of sp³-hybridized carbons (Fsp3) is 0.615. The van der Waals surface area contributed by atoms with Gasteiger partial charge in [-0.3, -0.25) is 4.79 Å². The third-order valence-electron chi connectivity index (χ3n) is 3.59. The van der Waals surface area contributed by atoms with Gasteiger partial charge in [0.1, 0.15) is 4.21 Å². The average molecular weight is 336 g/mol. The van der Waals surface area contributed by atoms with Crippen molar-refractivity contribution in [3.8, 4) is 0 Å². The first-order valence-electron chi connectivity index (χ1n) is 6.75. The third-order valence-corrected chi connectivity index (χ3v) is 6.77. The van der Waals surface area contributed by atoms with Crippen molar-refractivity contribution < 1.29 is 13.2 Å². The van der Waals surface area contributed by atoms with Crippen LogP contribution in [0.2, 0.25) is 0 Å². The molecule has 0 radical (unpaired) electrons. The minimum absolute atomic E-state index is 0.0283. The number of carbonyl (C=O) groups excluding carboxylic acids is 1. The highest BCUT2D eigenvalue weighted by Crippen LogP contribution is 2.28. The van der Waals surface area contributed by atoms with E-state index >= 15 is 0 Å². The van der Waals surface area contributed by atoms with Crippen molar-refractivity contribution in [2.75, 3.05) is 0 Å². The number of hydrogen-bond donors (Lipinski definition) is 1. The summed E-state index contributed by atoms with van der Waals surface area (Å²) in [5.41, 5.74) is 0. The van der Waals surface area contributed by atoms with E-state index in [-0.39, 0.29) is 10.1 Å². The number of halogens is 1. The lowest BCUT2D eigenvalue weighted by molar-refractivity contribution is -0.121. The summed E-state index contributed by atoms with van der Waals surface area (Å²) in [6.45, 7) is 0.362. The number of nitrogens with one attached hydrogen (secondary N) is 1. The van der Waals surface area contributed by atoms with Crippen LogP contribution >= 0.6 is 22.0 Å². The molecule has 112 valence electrons. The molecule has 0 saturated heterocycles. The van der Waals surface area contributed by atoms with E-state index in [1.54, 1.807) is 6.07 Å². The molecule has 0 bridgehead atoms. The first-order chi connectivity index (χ1) is 9.45. The Morgan fingerprint density at radius 1 is 1.35 bits per heavy atom. The van der Waals surface area contributed by atoms with Crippen LogP contribution in [0.4, 0.5) is 0 Å². The molecule has 1 fully saturated rings. The third kappa shape index (κ3) is 4.75. The molecule has 1 heterocycles. The molecule has 1 aliphatic rings. The zero-order valence-electron chi connectivity index (χ0n) is 11.1. The second-order valence-corrected chi connectivity index (χ2v) is 9.09. The van der Waals surface area contributed by atoms with Gasteiger partial charge in [-0.05, 0) is 24.5 Å². The predicted molar refractivity (Wildman–Crippen MR) is 80.4 cm³/mol. The molecule has 0 aromatic carbocycles. The van der Waals surface area contributed by atoms with Crippen LogP contribution in [0, 0.1) is 5.92 Å². The fourth-order valence-electron chi connectivity index (χ4n) is 2.49. The molecule has 1 saturated carbocycles. The molecular formula is C13H18ClNO3S2. The van der Waals surface area contributed by atoms with Crippen molar-refractivity contribution in [1.29, 1.82) is 0 Å². The maximum atomic E-state index is 11.7. The quantitative estimate of drug-likeness (QED) is 0.811. The summed E-state index contributed by atoms with van der Waals surface area (Å²) < 4.78 is 22.4. The summed E-state index contributed by atoms with van der Waals surface area (Å²) in [6, 6.07) is 3.14. The van der Waals surface area contributed by atoms with Crippen molar-refractivity contribution in [3.05, 3.63) is 17.0 Å². The van der Waals surface area contributed by atoms with Crippen LogP contribution < -0.4 is 5.32 Å². The molecule has 4 nitrogen and oxygen atoms in total. The zero-order valence-corrected chi connectivity index (χ0v) is 13.5. The molecule has 0 aliphatic heterocycles. The summed E-state index contributed by atoms with van der Waals surface area (Å²) in [6.07, 6.45) is 6.58. The summed E-state index contributed by atoms with van der Waals surface area (Å²) in [7, 11) is 1.59. The highest BCUT2D eigenvalue weighted by Gasteiger charge is 2.16. The lowest BCUT2D eigenvalue weighted by Gasteiger charge is -2.08. The van der Waals surface area contributed by atoms with E-state index in [0.29, 0.717) is 18.9 Å². The lowest BCUT2D eigenvalue weighted by Crippen LogP contribution is -2.22. The van der Waals surface area contributed by atoms with E-state index in [9.17, 15) is 13.2 Å². The molecule has 1 amide bonds. The van der Waals surface area contributed by atoms with Gasteiger partial charge in [-0.1, -0.05) is 25.7 Å². The van der Waals surface area contributed by atoms with E-state index in [1.807, 2.05) is 0 Å². The molecule has 1 aromatic rings. The van der Waals surface area contributed by atoms with Crippen molar-refractivity contribution in [2.24, 2.45) is 5.92 Å².